The van der Waals surface area contributed by atoms with Gasteiger partial charge in [0.1, 0.15) is 5.60 Å². The van der Waals surface area contributed by atoms with Crippen molar-refractivity contribution in [3.8, 4) is 0 Å². The van der Waals surface area contributed by atoms with Crippen molar-refractivity contribution in [3.05, 3.63) is 0 Å². The molecule has 128 valence electrons. The third-order valence-corrected chi connectivity index (χ3v) is 5.70. The van der Waals surface area contributed by atoms with Crippen molar-refractivity contribution >= 4 is 17.9 Å². The number of rotatable bonds is 4. The Morgan fingerprint density at radius 1 is 1.14 bits per heavy atom. The standard InChI is InChI=1S/C17H32N2O2S/c1-17(2,3)21-16(20)19-14-8-6-7-13(11-14)18-12-15-9-4-5-10-22-15/h13-15,18H,4-12H2,1-3H3,(H,19,20). The second-order valence-electron chi connectivity index (χ2n) is 7.60. The molecule has 1 aliphatic carbocycles. The Kier molecular flexibility index (Phi) is 6.87. The highest BCUT2D eigenvalue weighted by Crippen LogP contribution is 2.25. The predicted molar refractivity (Wildman–Crippen MR) is 93.5 cm³/mol. The van der Waals surface area contributed by atoms with Crippen LogP contribution in [0.4, 0.5) is 4.79 Å². The van der Waals surface area contributed by atoms with Gasteiger partial charge in [0.25, 0.3) is 0 Å². The van der Waals surface area contributed by atoms with Crippen LogP contribution in [0.2, 0.25) is 0 Å². The molecule has 0 aromatic heterocycles. The lowest BCUT2D eigenvalue weighted by Gasteiger charge is -2.32. The van der Waals surface area contributed by atoms with Gasteiger partial charge in [0, 0.05) is 23.9 Å². The first-order chi connectivity index (χ1) is 10.4. The molecule has 0 bridgehead atoms. The van der Waals surface area contributed by atoms with Crippen LogP contribution in [0.15, 0.2) is 0 Å². The van der Waals surface area contributed by atoms with Crippen LogP contribution in [0.1, 0.15) is 65.7 Å². The van der Waals surface area contributed by atoms with Crippen molar-refractivity contribution in [2.45, 2.75) is 88.7 Å². The lowest BCUT2D eigenvalue weighted by molar-refractivity contribution is 0.0488. The Morgan fingerprint density at radius 2 is 1.91 bits per heavy atom. The molecular weight excluding hydrogens is 296 g/mol. The topological polar surface area (TPSA) is 50.4 Å². The molecule has 1 saturated carbocycles. The van der Waals surface area contributed by atoms with Gasteiger partial charge in [-0.25, -0.2) is 4.79 Å². The van der Waals surface area contributed by atoms with Gasteiger partial charge in [0.15, 0.2) is 0 Å². The Morgan fingerprint density at radius 3 is 2.59 bits per heavy atom. The molecule has 2 N–H and O–H groups in total. The van der Waals surface area contributed by atoms with Crippen LogP contribution in [0.5, 0.6) is 0 Å². The number of carbonyl (C=O) groups is 1. The van der Waals surface area contributed by atoms with E-state index in [2.05, 4.69) is 22.4 Å². The largest absolute Gasteiger partial charge is 0.444 e. The van der Waals surface area contributed by atoms with Gasteiger partial charge in [-0.1, -0.05) is 6.42 Å². The number of ether oxygens (including phenoxy) is 1. The third-order valence-electron chi connectivity index (χ3n) is 4.30. The molecule has 1 heterocycles. The SMILES string of the molecule is CC(C)(C)OC(=O)NC1CCCC(NCC2CCCCS2)C1. The van der Waals surface area contributed by atoms with Gasteiger partial charge in [0.2, 0.25) is 0 Å². The lowest BCUT2D eigenvalue weighted by Crippen LogP contribution is -2.46. The van der Waals surface area contributed by atoms with Gasteiger partial charge in [-0.3, -0.25) is 0 Å². The maximum Gasteiger partial charge on any atom is 0.407 e. The van der Waals surface area contributed by atoms with Crippen LogP contribution < -0.4 is 10.6 Å². The first kappa shape index (κ1) is 17.9. The van der Waals surface area contributed by atoms with Gasteiger partial charge >= 0.3 is 6.09 Å². The van der Waals surface area contributed by atoms with E-state index in [1.807, 2.05) is 20.8 Å². The highest BCUT2D eigenvalue weighted by atomic mass is 32.2. The molecule has 0 aromatic carbocycles. The maximum atomic E-state index is 11.9. The third kappa shape index (κ3) is 6.78. The Labute approximate surface area is 139 Å². The second-order valence-corrected chi connectivity index (χ2v) is 9.01. The molecule has 2 aliphatic rings. The number of hydrogen-bond donors (Lipinski definition) is 2. The van der Waals surface area contributed by atoms with E-state index in [1.54, 1.807) is 0 Å². The minimum absolute atomic E-state index is 0.250. The van der Waals surface area contributed by atoms with E-state index in [-0.39, 0.29) is 12.1 Å². The Balaban J connectivity index is 1.68. The van der Waals surface area contributed by atoms with E-state index in [9.17, 15) is 4.79 Å². The zero-order chi connectivity index (χ0) is 16.0. The molecule has 1 aliphatic heterocycles. The first-order valence-corrected chi connectivity index (χ1v) is 9.82. The number of nitrogens with one attached hydrogen (secondary N) is 2. The quantitative estimate of drug-likeness (QED) is 0.826. The van der Waals surface area contributed by atoms with E-state index in [1.165, 1.54) is 37.9 Å². The van der Waals surface area contributed by atoms with E-state index in [4.69, 9.17) is 4.74 Å². The normalized spacial score (nSPS) is 29.9. The molecule has 2 fully saturated rings. The summed E-state index contributed by atoms with van der Waals surface area (Å²) in [5, 5.41) is 7.55. The van der Waals surface area contributed by atoms with Gasteiger partial charge in [0.05, 0.1) is 0 Å². The van der Waals surface area contributed by atoms with Crippen LogP contribution in [0.25, 0.3) is 0 Å². The fourth-order valence-electron chi connectivity index (χ4n) is 3.25. The molecule has 3 atom stereocenters. The maximum absolute atomic E-state index is 11.9. The van der Waals surface area contributed by atoms with Gasteiger partial charge in [-0.2, -0.15) is 11.8 Å². The molecule has 3 unspecified atom stereocenters. The summed E-state index contributed by atoms with van der Waals surface area (Å²) in [5.74, 6) is 1.32. The highest BCUT2D eigenvalue weighted by Gasteiger charge is 2.26. The minimum atomic E-state index is -0.422. The number of alkyl carbamates (subject to hydrolysis) is 1. The van der Waals surface area contributed by atoms with Gasteiger partial charge in [-0.05, 0) is 65.0 Å². The predicted octanol–water partition coefficient (Wildman–Crippen LogP) is 3.70. The van der Waals surface area contributed by atoms with Crippen molar-refractivity contribution in [2.24, 2.45) is 0 Å². The highest BCUT2D eigenvalue weighted by molar-refractivity contribution is 7.99. The smallest absolute Gasteiger partial charge is 0.407 e. The molecule has 4 nitrogen and oxygen atoms in total. The molecule has 1 saturated heterocycles. The number of hydrogen-bond acceptors (Lipinski definition) is 4. The van der Waals surface area contributed by atoms with Crippen LogP contribution in [-0.2, 0) is 4.74 Å². The zero-order valence-corrected chi connectivity index (χ0v) is 15.1. The summed E-state index contributed by atoms with van der Waals surface area (Å²) in [5.41, 5.74) is -0.422. The minimum Gasteiger partial charge on any atom is -0.444 e. The lowest BCUT2D eigenvalue weighted by atomic mass is 9.91. The molecule has 0 aromatic rings. The molecule has 1 amide bonds. The van der Waals surface area contributed by atoms with Crippen LogP contribution in [-0.4, -0.2) is 41.3 Å². The van der Waals surface area contributed by atoms with E-state index >= 15 is 0 Å². The number of carbonyl (C=O) groups excluding carboxylic acids is 1. The molecule has 0 radical (unpaired) electrons. The Bertz CT molecular complexity index is 351. The van der Waals surface area contributed by atoms with Crippen molar-refractivity contribution in [1.82, 2.24) is 10.6 Å². The van der Waals surface area contributed by atoms with Crippen LogP contribution >= 0.6 is 11.8 Å². The summed E-state index contributed by atoms with van der Waals surface area (Å²) < 4.78 is 5.36. The van der Waals surface area contributed by atoms with Gasteiger partial charge in [-0.15, -0.1) is 0 Å². The molecular formula is C17H32N2O2S. The summed E-state index contributed by atoms with van der Waals surface area (Å²) in [7, 11) is 0. The average Bonchev–Trinajstić information content (AvgIpc) is 2.44. The summed E-state index contributed by atoms with van der Waals surface area (Å²) >= 11 is 2.12. The molecule has 2 rings (SSSR count). The van der Waals surface area contributed by atoms with Crippen molar-refractivity contribution in [3.63, 3.8) is 0 Å². The van der Waals surface area contributed by atoms with Crippen molar-refractivity contribution in [2.75, 3.05) is 12.3 Å². The Hall–Kier alpha value is -0.420. The monoisotopic (exact) mass is 328 g/mol. The van der Waals surface area contributed by atoms with Gasteiger partial charge < -0.3 is 15.4 Å². The zero-order valence-electron chi connectivity index (χ0n) is 14.3. The van der Waals surface area contributed by atoms with E-state index in [0.717, 1.165) is 24.6 Å². The number of amides is 1. The van der Waals surface area contributed by atoms with E-state index < -0.39 is 5.60 Å². The fourth-order valence-corrected chi connectivity index (χ4v) is 4.50. The molecule has 22 heavy (non-hydrogen) atoms. The first-order valence-electron chi connectivity index (χ1n) is 8.77. The van der Waals surface area contributed by atoms with Crippen molar-refractivity contribution in [1.29, 1.82) is 0 Å². The summed E-state index contributed by atoms with van der Waals surface area (Å²) in [6, 6.07) is 0.788. The molecule has 0 spiro atoms. The average molecular weight is 329 g/mol. The second kappa shape index (κ2) is 8.44. The summed E-state index contributed by atoms with van der Waals surface area (Å²) in [4.78, 5) is 11.9. The van der Waals surface area contributed by atoms with E-state index in [0.29, 0.717) is 6.04 Å². The van der Waals surface area contributed by atoms with Crippen LogP contribution in [0, 0.1) is 0 Å². The van der Waals surface area contributed by atoms with Crippen LogP contribution in [0.3, 0.4) is 0 Å². The molecule has 5 heteroatoms. The summed E-state index contributed by atoms with van der Waals surface area (Å²) in [6.07, 6.45) is 8.33. The summed E-state index contributed by atoms with van der Waals surface area (Å²) in [6.45, 7) is 6.83. The van der Waals surface area contributed by atoms with Crippen molar-refractivity contribution < 1.29 is 9.53 Å². The number of thioether (sulfide) groups is 1. The fraction of sp³-hybridized carbons (Fsp3) is 0.941.